The van der Waals surface area contributed by atoms with Crippen LogP contribution in [0.5, 0.6) is 0 Å². The molecule has 1 heterocycles. The summed E-state index contributed by atoms with van der Waals surface area (Å²) < 4.78 is 0. The first-order valence-corrected chi connectivity index (χ1v) is 8.86. The molecule has 2 aliphatic rings. The topological polar surface area (TPSA) is 52.7 Å². The summed E-state index contributed by atoms with van der Waals surface area (Å²) in [7, 11) is 3.51. The summed E-state index contributed by atoms with van der Waals surface area (Å²) in [6.07, 6.45) is 2.41. The number of hydrogen-bond acceptors (Lipinski definition) is 2. The highest BCUT2D eigenvalue weighted by atomic mass is 35.5. The molecule has 1 saturated heterocycles. The molecular weight excluding hydrogens is 326 g/mol. The molecule has 0 aromatic heterocycles. The van der Waals surface area contributed by atoms with Crippen molar-refractivity contribution in [3.8, 4) is 0 Å². The Kier molecular flexibility index (Phi) is 4.99. The predicted molar refractivity (Wildman–Crippen MR) is 94.1 cm³/mol. The van der Waals surface area contributed by atoms with E-state index in [-0.39, 0.29) is 23.9 Å². The molecule has 1 aliphatic heterocycles. The second-order valence-electron chi connectivity index (χ2n) is 6.92. The van der Waals surface area contributed by atoms with E-state index in [9.17, 15) is 9.59 Å². The number of urea groups is 1. The lowest BCUT2D eigenvalue weighted by Crippen LogP contribution is -2.46. The Hall–Kier alpha value is -1.75. The first-order valence-electron chi connectivity index (χ1n) is 8.48. The number of nitrogens with one attached hydrogen (secondary N) is 1. The highest BCUT2D eigenvalue weighted by Gasteiger charge is 2.41. The number of amides is 3. The van der Waals surface area contributed by atoms with E-state index in [0.717, 1.165) is 29.8 Å². The van der Waals surface area contributed by atoms with Crippen LogP contribution in [0.4, 0.5) is 4.79 Å². The Labute approximate surface area is 147 Å². The molecule has 0 spiro atoms. The Morgan fingerprint density at radius 1 is 1.21 bits per heavy atom. The maximum Gasteiger partial charge on any atom is 0.319 e. The van der Waals surface area contributed by atoms with E-state index in [1.807, 2.05) is 29.2 Å². The molecule has 130 valence electrons. The number of benzene rings is 1. The van der Waals surface area contributed by atoms with Crippen molar-refractivity contribution >= 4 is 23.5 Å². The van der Waals surface area contributed by atoms with Crippen LogP contribution in [0.15, 0.2) is 24.3 Å². The summed E-state index contributed by atoms with van der Waals surface area (Å²) in [5.41, 5.74) is 1.12. The Bertz CT molecular complexity index is 626. The number of likely N-dealkylation sites (tertiary alicyclic amines) is 1. The van der Waals surface area contributed by atoms with Gasteiger partial charge in [0, 0.05) is 50.1 Å². The fourth-order valence-corrected chi connectivity index (χ4v) is 3.67. The zero-order chi connectivity index (χ0) is 17.3. The summed E-state index contributed by atoms with van der Waals surface area (Å²) in [6, 6.07) is 8.05. The lowest BCUT2D eigenvalue weighted by atomic mass is 9.96. The molecule has 0 radical (unpaired) electrons. The van der Waals surface area contributed by atoms with Crippen LogP contribution < -0.4 is 5.32 Å². The molecule has 6 heteroatoms. The van der Waals surface area contributed by atoms with Gasteiger partial charge in [0.15, 0.2) is 0 Å². The van der Waals surface area contributed by atoms with Crippen LogP contribution in [0.1, 0.15) is 30.7 Å². The van der Waals surface area contributed by atoms with Crippen LogP contribution in [0.25, 0.3) is 0 Å². The maximum atomic E-state index is 12.5. The van der Waals surface area contributed by atoms with Crippen molar-refractivity contribution in [1.29, 1.82) is 0 Å². The molecule has 3 rings (SSSR count). The van der Waals surface area contributed by atoms with E-state index in [4.69, 9.17) is 11.6 Å². The summed E-state index contributed by atoms with van der Waals surface area (Å²) >= 11 is 6.23. The molecule has 1 saturated carbocycles. The van der Waals surface area contributed by atoms with Gasteiger partial charge in [-0.2, -0.15) is 0 Å². The summed E-state index contributed by atoms with van der Waals surface area (Å²) in [4.78, 5) is 27.8. The van der Waals surface area contributed by atoms with Gasteiger partial charge in [0.25, 0.3) is 0 Å². The molecule has 1 N–H and O–H groups in total. The second-order valence-corrected chi connectivity index (χ2v) is 7.32. The maximum absolute atomic E-state index is 12.5. The SMILES string of the molecule is CN(C)C(=O)N1CCC(C(=O)N[C@@H]2C[C@H]2c2ccccc2Cl)CC1. The first-order chi connectivity index (χ1) is 11.5. The Morgan fingerprint density at radius 3 is 2.50 bits per heavy atom. The van der Waals surface area contributed by atoms with Gasteiger partial charge < -0.3 is 15.1 Å². The van der Waals surface area contributed by atoms with Gasteiger partial charge >= 0.3 is 6.03 Å². The quantitative estimate of drug-likeness (QED) is 0.912. The van der Waals surface area contributed by atoms with E-state index in [1.165, 1.54) is 0 Å². The van der Waals surface area contributed by atoms with Gasteiger partial charge in [-0.15, -0.1) is 0 Å². The third-order valence-electron chi connectivity index (χ3n) is 4.94. The number of nitrogens with zero attached hydrogens (tertiary/aromatic N) is 2. The van der Waals surface area contributed by atoms with Gasteiger partial charge in [-0.25, -0.2) is 4.79 Å². The Morgan fingerprint density at radius 2 is 1.88 bits per heavy atom. The third kappa shape index (κ3) is 3.66. The minimum atomic E-state index is 0.00343. The summed E-state index contributed by atoms with van der Waals surface area (Å²) in [5, 5.41) is 3.93. The number of halogens is 1. The monoisotopic (exact) mass is 349 g/mol. The molecule has 2 fully saturated rings. The highest BCUT2D eigenvalue weighted by molar-refractivity contribution is 6.31. The summed E-state index contributed by atoms with van der Waals surface area (Å²) in [6.45, 7) is 1.29. The standard InChI is InChI=1S/C18H24ClN3O2/c1-21(2)18(24)22-9-7-12(8-10-22)17(23)20-16-11-14(16)13-5-3-4-6-15(13)19/h3-6,12,14,16H,7-11H2,1-2H3,(H,20,23)/t14-,16+/m0/s1. The molecule has 0 unspecified atom stereocenters. The number of piperidine rings is 1. The van der Waals surface area contributed by atoms with Crippen molar-refractivity contribution < 1.29 is 9.59 Å². The van der Waals surface area contributed by atoms with Crippen molar-refractivity contribution in [2.45, 2.75) is 31.2 Å². The van der Waals surface area contributed by atoms with E-state index >= 15 is 0 Å². The van der Waals surface area contributed by atoms with Crippen LogP contribution in [0.2, 0.25) is 5.02 Å². The van der Waals surface area contributed by atoms with Gasteiger partial charge in [-0.1, -0.05) is 29.8 Å². The van der Waals surface area contributed by atoms with Crippen molar-refractivity contribution in [3.63, 3.8) is 0 Å². The number of carbonyl (C=O) groups excluding carboxylic acids is 2. The smallest absolute Gasteiger partial charge is 0.319 e. The van der Waals surface area contributed by atoms with Gasteiger partial charge in [-0.3, -0.25) is 4.79 Å². The minimum absolute atomic E-state index is 0.00343. The van der Waals surface area contributed by atoms with Gasteiger partial charge in [0.05, 0.1) is 0 Å². The molecule has 1 aliphatic carbocycles. The average Bonchev–Trinajstić information content (AvgIpc) is 3.33. The van der Waals surface area contributed by atoms with Gasteiger partial charge in [0.2, 0.25) is 5.91 Å². The molecule has 5 nitrogen and oxygen atoms in total. The fourth-order valence-electron chi connectivity index (χ4n) is 3.39. The summed E-state index contributed by atoms with van der Waals surface area (Å²) in [5.74, 6) is 0.452. The van der Waals surface area contributed by atoms with Crippen LogP contribution in [-0.4, -0.2) is 55.0 Å². The van der Waals surface area contributed by atoms with Crippen molar-refractivity contribution in [2.24, 2.45) is 5.92 Å². The minimum Gasteiger partial charge on any atom is -0.352 e. The van der Waals surface area contributed by atoms with Gasteiger partial charge in [0.1, 0.15) is 0 Å². The zero-order valence-corrected chi connectivity index (χ0v) is 14.9. The molecule has 3 amide bonds. The van der Waals surface area contributed by atoms with Crippen LogP contribution in [0.3, 0.4) is 0 Å². The molecule has 1 aromatic rings. The molecule has 2 atom stereocenters. The number of hydrogen-bond donors (Lipinski definition) is 1. The molecular formula is C18H24ClN3O2. The van der Waals surface area contributed by atoms with Crippen LogP contribution in [0, 0.1) is 5.92 Å². The van der Waals surface area contributed by atoms with Gasteiger partial charge in [-0.05, 0) is 30.9 Å². The fraction of sp³-hybridized carbons (Fsp3) is 0.556. The third-order valence-corrected chi connectivity index (χ3v) is 5.29. The van der Waals surface area contributed by atoms with E-state index in [1.54, 1.807) is 19.0 Å². The zero-order valence-electron chi connectivity index (χ0n) is 14.2. The van der Waals surface area contributed by atoms with Crippen LogP contribution >= 0.6 is 11.6 Å². The normalized spacial score (nSPS) is 23.7. The first kappa shape index (κ1) is 17.1. The van der Waals surface area contributed by atoms with Crippen molar-refractivity contribution in [2.75, 3.05) is 27.2 Å². The van der Waals surface area contributed by atoms with Crippen molar-refractivity contribution in [3.05, 3.63) is 34.9 Å². The highest BCUT2D eigenvalue weighted by Crippen LogP contribution is 2.43. The van der Waals surface area contributed by atoms with E-state index in [0.29, 0.717) is 19.0 Å². The second kappa shape index (κ2) is 7.01. The molecule has 1 aromatic carbocycles. The lowest BCUT2D eigenvalue weighted by molar-refractivity contribution is -0.126. The van der Waals surface area contributed by atoms with Crippen LogP contribution in [-0.2, 0) is 4.79 Å². The molecule has 24 heavy (non-hydrogen) atoms. The number of rotatable bonds is 3. The largest absolute Gasteiger partial charge is 0.352 e. The molecule has 0 bridgehead atoms. The Balaban J connectivity index is 1.48. The van der Waals surface area contributed by atoms with E-state index < -0.39 is 0 Å². The average molecular weight is 350 g/mol. The lowest BCUT2D eigenvalue weighted by Gasteiger charge is -2.33. The number of carbonyl (C=O) groups is 2. The van der Waals surface area contributed by atoms with E-state index in [2.05, 4.69) is 5.32 Å². The predicted octanol–water partition coefficient (Wildman–Crippen LogP) is 2.71. The van der Waals surface area contributed by atoms with Crippen molar-refractivity contribution in [1.82, 2.24) is 15.1 Å².